The highest BCUT2D eigenvalue weighted by Crippen LogP contribution is 2.44. The first kappa shape index (κ1) is 14.4. The Morgan fingerprint density at radius 3 is 2.44 bits per heavy atom. The van der Waals surface area contributed by atoms with Gasteiger partial charge in [0.25, 0.3) is 0 Å². The summed E-state index contributed by atoms with van der Waals surface area (Å²) in [7, 11) is 1.85. The standard InChI is InChI=1S/C13H23N3O.HI/c1-13(2)7-11(13)16-12(14-3)15-9-6-8-4-5-10(9)17-8;/h8-11H,4-7H2,1-3H3,(H2,14,15,16);1H. The van der Waals surface area contributed by atoms with Crippen LogP contribution < -0.4 is 10.6 Å². The largest absolute Gasteiger partial charge is 0.373 e. The Bertz CT molecular complexity index is 345. The van der Waals surface area contributed by atoms with Crippen LogP contribution >= 0.6 is 24.0 Å². The molecule has 0 aromatic heterocycles. The third-order valence-electron chi connectivity index (χ3n) is 4.48. The van der Waals surface area contributed by atoms with Gasteiger partial charge in [0.05, 0.1) is 18.2 Å². The number of hydrogen-bond donors (Lipinski definition) is 2. The summed E-state index contributed by atoms with van der Waals surface area (Å²) >= 11 is 0. The molecule has 3 rings (SSSR count). The summed E-state index contributed by atoms with van der Waals surface area (Å²) < 4.78 is 5.85. The molecule has 5 heteroatoms. The van der Waals surface area contributed by atoms with Crippen molar-refractivity contribution in [3.8, 4) is 0 Å². The Balaban J connectivity index is 0.00000120. The molecule has 2 bridgehead atoms. The summed E-state index contributed by atoms with van der Waals surface area (Å²) in [5.41, 5.74) is 0.433. The van der Waals surface area contributed by atoms with Crippen LogP contribution in [0.2, 0.25) is 0 Å². The highest BCUT2D eigenvalue weighted by molar-refractivity contribution is 14.0. The van der Waals surface area contributed by atoms with E-state index in [2.05, 4.69) is 29.5 Å². The van der Waals surface area contributed by atoms with E-state index in [1.807, 2.05) is 7.05 Å². The van der Waals surface area contributed by atoms with Gasteiger partial charge < -0.3 is 15.4 Å². The van der Waals surface area contributed by atoms with Crippen molar-refractivity contribution < 1.29 is 4.74 Å². The Labute approximate surface area is 126 Å². The number of nitrogens with one attached hydrogen (secondary N) is 2. The van der Waals surface area contributed by atoms with Crippen LogP contribution in [0.5, 0.6) is 0 Å². The third kappa shape index (κ3) is 2.76. The lowest BCUT2D eigenvalue weighted by atomic mass is 9.96. The number of hydrogen-bond acceptors (Lipinski definition) is 2. The first-order chi connectivity index (χ1) is 8.08. The maximum atomic E-state index is 5.85. The topological polar surface area (TPSA) is 45.7 Å². The molecule has 3 aliphatic rings. The first-order valence-electron chi connectivity index (χ1n) is 6.74. The van der Waals surface area contributed by atoms with Crippen LogP contribution in [-0.2, 0) is 4.74 Å². The van der Waals surface area contributed by atoms with Gasteiger partial charge in [-0.05, 0) is 31.1 Å². The molecule has 1 saturated carbocycles. The van der Waals surface area contributed by atoms with Crippen LogP contribution in [0.25, 0.3) is 0 Å². The van der Waals surface area contributed by atoms with Crippen molar-refractivity contribution in [2.75, 3.05) is 7.05 Å². The van der Waals surface area contributed by atoms with E-state index < -0.39 is 0 Å². The van der Waals surface area contributed by atoms with Gasteiger partial charge in [0.15, 0.2) is 5.96 Å². The monoisotopic (exact) mass is 365 g/mol. The van der Waals surface area contributed by atoms with Crippen LogP contribution in [0.4, 0.5) is 0 Å². The third-order valence-corrected chi connectivity index (χ3v) is 4.48. The second-order valence-electron chi connectivity index (χ2n) is 6.32. The fraction of sp³-hybridized carbons (Fsp3) is 0.923. The van der Waals surface area contributed by atoms with Crippen molar-refractivity contribution in [3.63, 3.8) is 0 Å². The van der Waals surface area contributed by atoms with Crippen LogP contribution in [0, 0.1) is 5.41 Å². The average molecular weight is 365 g/mol. The van der Waals surface area contributed by atoms with E-state index in [-0.39, 0.29) is 24.0 Å². The van der Waals surface area contributed by atoms with Crippen molar-refractivity contribution in [3.05, 3.63) is 0 Å². The van der Waals surface area contributed by atoms with Gasteiger partial charge in [-0.15, -0.1) is 24.0 Å². The molecule has 104 valence electrons. The van der Waals surface area contributed by atoms with Gasteiger partial charge in [-0.3, -0.25) is 4.99 Å². The normalized spacial score (nSPS) is 40.3. The lowest BCUT2D eigenvalue weighted by Crippen LogP contribution is -2.48. The highest BCUT2D eigenvalue weighted by atomic mass is 127. The molecule has 2 saturated heterocycles. The molecule has 0 aromatic rings. The Morgan fingerprint density at radius 1 is 1.28 bits per heavy atom. The fourth-order valence-corrected chi connectivity index (χ4v) is 3.01. The van der Waals surface area contributed by atoms with Gasteiger partial charge in [0.2, 0.25) is 0 Å². The van der Waals surface area contributed by atoms with Crippen molar-refractivity contribution in [1.29, 1.82) is 0 Å². The number of aliphatic imine (C=N–C) groups is 1. The Kier molecular flexibility index (Phi) is 4.11. The molecule has 2 aliphatic heterocycles. The fourth-order valence-electron chi connectivity index (χ4n) is 3.01. The van der Waals surface area contributed by atoms with Crippen LogP contribution in [0.1, 0.15) is 39.5 Å². The predicted molar refractivity (Wildman–Crippen MR) is 83.5 cm³/mol. The molecule has 2 heterocycles. The van der Waals surface area contributed by atoms with Crippen molar-refractivity contribution in [1.82, 2.24) is 10.6 Å². The summed E-state index contributed by atoms with van der Waals surface area (Å²) in [6.07, 6.45) is 5.72. The van der Waals surface area contributed by atoms with E-state index in [1.54, 1.807) is 0 Å². The molecule has 1 aliphatic carbocycles. The minimum absolute atomic E-state index is 0. The summed E-state index contributed by atoms with van der Waals surface area (Å²) in [5.74, 6) is 0.946. The molecule has 0 aromatic carbocycles. The van der Waals surface area contributed by atoms with E-state index in [0.717, 1.165) is 12.4 Å². The van der Waals surface area contributed by atoms with E-state index in [9.17, 15) is 0 Å². The quantitative estimate of drug-likeness (QED) is 0.446. The van der Waals surface area contributed by atoms with E-state index in [4.69, 9.17) is 4.74 Å². The Morgan fingerprint density at radius 2 is 2.00 bits per heavy atom. The van der Waals surface area contributed by atoms with Gasteiger partial charge >= 0.3 is 0 Å². The molecular weight excluding hydrogens is 341 g/mol. The SMILES string of the molecule is CN=C(NC1CC2CCC1O2)NC1CC1(C)C.I. The minimum atomic E-state index is 0. The Hall–Kier alpha value is -0.0400. The van der Waals surface area contributed by atoms with Crippen molar-refractivity contribution in [2.24, 2.45) is 10.4 Å². The molecular formula is C13H24IN3O. The van der Waals surface area contributed by atoms with Gasteiger partial charge in [-0.2, -0.15) is 0 Å². The zero-order valence-corrected chi connectivity index (χ0v) is 13.7. The smallest absolute Gasteiger partial charge is 0.191 e. The molecule has 4 nitrogen and oxygen atoms in total. The maximum Gasteiger partial charge on any atom is 0.191 e. The molecule has 2 N–H and O–H groups in total. The van der Waals surface area contributed by atoms with Crippen LogP contribution in [0.15, 0.2) is 4.99 Å². The van der Waals surface area contributed by atoms with Gasteiger partial charge in [-0.25, -0.2) is 0 Å². The summed E-state index contributed by atoms with van der Waals surface area (Å²) in [5, 5.41) is 7.02. The van der Waals surface area contributed by atoms with Gasteiger partial charge in [0.1, 0.15) is 0 Å². The first-order valence-corrected chi connectivity index (χ1v) is 6.74. The zero-order chi connectivity index (χ0) is 12.0. The van der Waals surface area contributed by atoms with Crippen LogP contribution in [0.3, 0.4) is 0 Å². The number of guanidine groups is 1. The number of halogens is 1. The molecule has 0 amide bonds. The highest BCUT2D eigenvalue weighted by Gasteiger charge is 2.47. The minimum Gasteiger partial charge on any atom is -0.373 e. The molecule has 18 heavy (non-hydrogen) atoms. The zero-order valence-electron chi connectivity index (χ0n) is 11.4. The molecule has 0 radical (unpaired) electrons. The molecule has 3 fully saturated rings. The van der Waals surface area contributed by atoms with E-state index in [1.165, 1.54) is 19.3 Å². The van der Waals surface area contributed by atoms with Crippen LogP contribution in [-0.4, -0.2) is 37.3 Å². The number of fused-ring (bicyclic) bond motifs is 2. The second-order valence-corrected chi connectivity index (χ2v) is 6.32. The summed E-state index contributed by atoms with van der Waals surface area (Å²) in [6.45, 7) is 4.58. The number of rotatable bonds is 2. The predicted octanol–water partition coefficient (Wildman–Crippen LogP) is 1.89. The molecule has 0 spiro atoms. The lowest BCUT2D eigenvalue weighted by Gasteiger charge is -2.23. The molecule has 4 unspecified atom stereocenters. The van der Waals surface area contributed by atoms with Crippen molar-refractivity contribution >= 4 is 29.9 Å². The summed E-state index contributed by atoms with van der Waals surface area (Å²) in [4.78, 5) is 4.32. The maximum absolute atomic E-state index is 5.85. The van der Waals surface area contributed by atoms with Crippen molar-refractivity contribution in [2.45, 2.75) is 63.8 Å². The second kappa shape index (κ2) is 5.15. The number of ether oxygens (including phenoxy) is 1. The molecule has 4 atom stereocenters. The lowest BCUT2D eigenvalue weighted by molar-refractivity contribution is 0.0992. The van der Waals surface area contributed by atoms with E-state index in [0.29, 0.717) is 29.7 Å². The summed E-state index contributed by atoms with van der Waals surface area (Å²) in [6, 6.07) is 1.04. The average Bonchev–Trinajstić information content (AvgIpc) is 2.73. The van der Waals surface area contributed by atoms with Gasteiger partial charge in [0, 0.05) is 13.1 Å². The number of nitrogens with zero attached hydrogens (tertiary/aromatic N) is 1. The van der Waals surface area contributed by atoms with Gasteiger partial charge in [-0.1, -0.05) is 13.8 Å². The van der Waals surface area contributed by atoms with E-state index >= 15 is 0 Å².